The SMILES string of the molecule is Cc1ccc(S(=O)(=O)N2CCC(Oc3ccc(Br)cn3)C2)cc1C. The van der Waals surface area contributed by atoms with Crippen LogP contribution in [0.25, 0.3) is 0 Å². The monoisotopic (exact) mass is 410 g/mol. The van der Waals surface area contributed by atoms with Crippen LogP contribution in [0.1, 0.15) is 17.5 Å². The van der Waals surface area contributed by atoms with E-state index in [9.17, 15) is 8.42 Å². The highest BCUT2D eigenvalue weighted by Gasteiger charge is 2.33. The number of nitrogens with zero attached hydrogens (tertiary/aromatic N) is 2. The number of hydrogen-bond acceptors (Lipinski definition) is 4. The third-order valence-corrected chi connectivity index (χ3v) is 6.54. The first-order chi connectivity index (χ1) is 11.4. The van der Waals surface area contributed by atoms with E-state index >= 15 is 0 Å². The van der Waals surface area contributed by atoms with Crippen molar-refractivity contribution in [2.24, 2.45) is 0 Å². The van der Waals surface area contributed by atoms with Crippen LogP contribution < -0.4 is 4.74 Å². The highest BCUT2D eigenvalue weighted by Crippen LogP contribution is 2.25. The molecule has 0 bridgehead atoms. The van der Waals surface area contributed by atoms with Crippen LogP contribution in [0.3, 0.4) is 0 Å². The van der Waals surface area contributed by atoms with E-state index in [2.05, 4.69) is 20.9 Å². The van der Waals surface area contributed by atoms with Crippen molar-refractivity contribution in [2.75, 3.05) is 13.1 Å². The fourth-order valence-electron chi connectivity index (χ4n) is 2.64. The van der Waals surface area contributed by atoms with Crippen molar-refractivity contribution in [2.45, 2.75) is 31.3 Å². The number of aromatic nitrogens is 1. The molecule has 0 radical (unpaired) electrons. The second-order valence-electron chi connectivity index (χ2n) is 5.95. The van der Waals surface area contributed by atoms with Gasteiger partial charge in [0, 0.05) is 23.3 Å². The van der Waals surface area contributed by atoms with Crippen LogP contribution in [0, 0.1) is 13.8 Å². The van der Waals surface area contributed by atoms with Crippen molar-refractivity contribution in [1.29, 1.82) is 0 Å². The van der Waals surface area contributed by atoms with Gasteiger partial charge in [0.05, 0.1) is 11.4 Å². The normalized spacial score (nSPS) is 18.7. The molecule has 3 rings (SSSR count). The first-order valence-corrected chi connectivity index (χ1v) is 9.95. The van der Waals surface area contributed by atoms with Crippen molar-refractivity contribution in [3.05, 3.63) is 52.1 Å². The maximum Gasteiger partial charge on any atom is 0.243 e. The molecule has 0 amide bonds. The van der Waals surface area contributed by atoms with E-state index in [0.29, 0.717) is 30.3 Å². The molecule has 128 valence electrons. The van der Waals surface area contributed by atoms with Crippen molar-refractivity contribution < 1.29 is 13.2 Å². The molecule has 1 aromatic carbocycles. The number of sulfonamides is 1. The van der Waals surface area contributed by atoms with Crippen molar-refractivity contribution in [3.8, 4) is 5.88 Å². The number of hydrogen-bond donors (Lipinski definition) is 0. The first-order valence-electron chi connectivity index (χ1n) is 7.72. The van der Waals surface area contributed by atoms with Gasteiger partial charge in [0.1, 0.15) is 6.10 Å². The molecule has 1 fully saturated rings. The lowest BCUT2D eigenvalue weighted by atomic mass is 10.1. The molecule has 1 aliphatic rings. The number of ether oxygens (including phenoxy) is 1. The van der Waals surface area contributed by atoms with Crippen LogP contribution in [-0.4, -0.2) is 36.9 Å². The maximum absolute atomic E-state index is 12.8. The molecule has 1 unspecified atom stereocenters. The Kier molecular flexibility index (Phi) is 4.94. The fraction of sp³-hybridized carbons (Fsp3) is 0.353. The molecule has 2 heterocycles. The molecule has 1 aromatic heterocycles. The summed E-state index contributed by atoms with van der Waals surface area (Å²) < 4.78 is 33.7. The van der Waals surface area contributed by atoms with E-state index < -0.39 is 10.0 Å². The van der Waals surface area contributed by atoms with Crippen LogP contribution >= 0.6 is 15.9 Å². The van der Waals surface area contributed by atoms with Crippen molar-refractivity contribution >= 4 is 26.0 Å². The Labute approximate surface area is 150 Å². The zero-order valence-corrected chi connectivity index (χ0v) is 16.0. The first kappa shape index (κ1) is 17.4. The third kappa shape index (κ3) is 3.63. The van der Waals surface area contributed by atoms with Gasteiger partial charge in [-0.05, 0) is 65.5 Å². The second kappa shape index (κ2) is 6.82. The summed E-state index contributed by atoms with van der Waals surface area (Å²) in [4.78, 5) is 4.51. The van der Waals surface area contributed by atoms with Gasteiger partial charge in [-0.15, -0.1) is 0 Å². The van der Waals surface area contributed by atoms with Gasteiger partial charge >= 0.3 is 0 Å². The minimum atomic E-state index is -3.48. The molecule has 0 aliphatic carbocycles. The Morgan fingerprint density at radius 2 is 2.00 bits per heavy atom. The average Bonchev–Trinajstić information content (AvgIpc) is 3.01. The highest BCUT2D eigenvalue weighted by molar-refractivity contribution is 9.10. The largest absolute Gasteiger partial charge is 0.473 e. The molecule has 5 nitrogen and oxygen atoms in total. The molecule has 7 heteroatoms. The van der Waals surface area contributed by atoms with Gasteiger partial charge in [-0.2, -0.15) is 4.31 Å². The van der Waals surface area contributed by atoms with Gasteiger partial charge in [-0.3, -0.25) is 0 Å². The molecule has 0 saturated carbocycles. The summed E-state index contributed by atoms with van der Waals surface area (Å²) in [7, 11) is -3.48. The Morgan fingerprint density at radius 3 is 2.67 bits per heavy atom. The predicted molar refractivity (Wildman–Crippen MR) is 95.6 cm³/mol. The quantitative estimate of drug-likeness (QED) is 0.775. The summed E-state index contributed by atoms with van der Waals surface area (Å²) in [5, 5.41) is 0. The van der Waals surface area contributed by atoms with Gasteiger partial charge in [-0.1, -0.05) is 6.07 Å². The minimum absolute atomic E-state index is 0.181. The third-order valence-electron chi connectivity index (χ3n) is 4.21. The van der Waals surface area contributed by atoms with E-state index in [-0.39, 0.29) is 6.10 Å². The van der Waals surface area contributed by atoms with E-state index in [0.717, 1.165) is 15.6 Å². The number of halogens is 1. The predicted octanol–water partition coefficient (Wildman–Crippen LogP) is 3.30. The smallest absolute Gasteiger partial charge is 0.243 e. The molecule has 1 aliphatic heterocycles. The van der Waals surface area contributed by atoms with Crippen molar-refractivity contribution in [3.63, 3.8) is 0 Å². The minimum Gasteiger partial charge on any atom is -0.473 e. The Balaban J connectivity index is 1.72. The summed E-state index contributed by atoms with van der Waals surface area (Å²) >= 11 is 3.32. The number of pyridine rings is 1. The number of rotatable bonds is 4. The number of benzene rings is 1. The topological polar surface area (TPSA) is 59.5 Å². The van der Waals surface area contributed by atoms with Gasteiger partial charge in [0.15, 0.2) is 0 Å². The Bertz CT molecular complexity index is 837. The second-order valence-corrected chi connectivity index (χ2v) is 8.81. The van der Waals surface area contributed by atoms with Gasteiger partial charge < -0.3 is 4.74 Å². The van der Waals surface area contributed by atoms with Crippen LogP contribution in [0.15, 0.2) is 45.9 Å². The molecule has 0 N–H and O–H groups in total. The molecule has 1 atom stereocenters. The van der Waals surface area contributed by atoms with Gasteiger partial charge in [0.25, 0.3) is 0 Å². The fourth-order valence-corrected chi connectivity index (χ4v) is 4.45. The summed E-state index contributed by atoms with van der Waals surface area (Å²) in [5.74, 6) is 0.508. The maximum atomic E-state index is 12.8. The van der Waals surface area contributed by atoms with Crippen LogP contribution in [0.4, 0.5) is 0 Å². The molecular formula is C17H19BrN2O3S. The van der Waals surface area contributed by atoms with Gasteiger partial charge in [0.2, 0.25) is 15.9 Å². The van der Waals surface area contributed by atoms with Crippen molar-refractivity contribution in [1.82, 2.24) is 9.29 Å². The Morgan fingerprint density at radius 1 is 1.21 bits per heavy atom. The lowest BCUT2D eigenvalue weighted by Crippen LogP contribution is -2.31. The van der Waals surface area contributed by atoms with E-state index in [1.807, 2.05) is 26.0 Å². The van der Waals surface area contributed by atoms with Crippen LogP contribution in [-0.2, 0) is 10.0 Å². The molecule has 2 aromatic rings. The summed E-state index contributed by atoms with van der Waals surface area (Å²) in [5.41, 5.74) is 2.06. The van der Waals surface area contributed by atoms with E-state index in [1.54, 1.807) is 24.4 Å². The Hall–Kier alpha value is -1.44. The van der Waals surface area contributed by atoms with Crippen LogP contribution in [0.5, 0.6) is 5.88 Å². The summed E-state index contributed by atoms with van der Waals surface area (Å²) in [6.07, 6.45) is 2.13. The molecule has 0 spiro atoms. The van der Waals surface area contributed by atoms with E-state index in [4.69, 9.17) is 4.74 Å². The zero-order valence-electron chi connectivity index (χ0n) is 13.6. The molecule has 24 heavy (non-hydrogen) atoms. The average molecular weight is 411 g/mol. The zero-order chi connectivity index (χ0) is 17.3. The lowest BCUT2D eigenvalue weighted by Gasteiger charge is -2.17. The lowest BCUT2D eigenvalue weighted by molar-refractivity contribution is 0.207. The van der Waals surface area contributed by atoms with Gasteiger partial charge in [-0.25, -0.2) is 13.4 Å². The van der Waals surface area contributed by atoms with Crippen LogP contribution in [0.2, 0.25) is 0 Å². The summed E-state index contributed by atoms with van der Waals surface area (Å²) in [6, 6.07) is 8.86. The number of aryl methyl sites for hydroxylation is 2. The highest BCUT2D eigenvalue weighted by atomic mass is 79.9. The van der Waals surface area contributed by atoms with E-state index in [1.165, 1.54) is 4.31 Å². The summed E-state index contributed by atoms with van der Waals surface area (Å²) in [6.45, 7) is 4.68. The standard InChI is InChI=1S/C17H19BrN2O3S/c1-12-3-5-16(9-13(12)2)24(21,22)20-8-7-15(11-20)23-17-6-4-14(18)10-19-17/h3-6,9-10,15H,7-8,11H2,1-2H3. The molecule has 1 saturated heterocycles. The molecular weight excluding hydrogens is 392 g/mol.